The lowest BCUT2D eigenvalue weighted by Gasteiger charge is -2.16. The Morgan fingerprint density at radius 3 is 2.53 bits per heavy atom. The molecule has 0 radical (unpaired) electrons. The van der Waals surface area contributed by atoms with E-state index in [1.807, 2.05) is 30.3 Å². The molecule has 0 bridgehead atoms. The molecule has 0 fully saturated rings. The van der Waals surface area contributed by atoms with Crippen LogP contribution < -0.4 is 10.6 Å². The van der Waals surface area contributed by atoms with E-state index < -0.39 is 18.0 Å². The topological polar surface area (TPSA) is 106 Å². The predicted molar refractivity (Wildman–Crippen MR) is 121 cm³/mol. The van der Waals surface area contributed by atoms with Crippen molar-refractivity contribution in [2.75, 3.05) is 12.4 Å². The molecule has 8 nitrogen and oxygen atoms in total. The van der Waals surface area contributed by atoms with Crippen LogP contribution in [0.5, 0.6) is 0 Å². The SMILES string of the molecule is COC(=O)c1sccc1NC(=O)N[C@@H](c1ccc(Cl)cc1)c1nnc(-c2ccccc2)o1. The van der Waals surface area contributed by atoms with Gasteiger partial charge in [0.05, 0.1) is 12.8 Å². The van der Waals surface area contributed by atoms with Crippen molar-refractivity contribution in [2.24, 2.45) is 0 Å². The molecule has 2 amide bonds. The van der Waals surface area contributed by atoms with Gasteiger partial charge in [-0.25, -0.2) is 9.59 Å². The second kappa shape index (κ2) is 9.63. The minimum Gasteiger partial charge on any atom is -0.465 e. The molecule has 2 aromatic heterocycles. The quantitative estimate of drug-likeness (QED) is 0.379. The molecule has 2 N–H and O–H groups in total. The van der Waals surface area contributed by atoms with Gasteiger partial charge in [-0.2, -0.15) is 0 Å². The van der Waals surface area contributed by atoms with E-state index in [9.17, 15) is 9.59 Å². The number of amides is 2. The fraction of sp³-hybridized carbons (Fsp3) is 0.0909. The first kappa shape index (κ1) is 21.5. The second-order valence-electron chi connectivity index (χ2n) is 6.55. The van der Waals surface area contributed by atoms with E-state index in [1.165, 1.54) is 18.4 Å². The fourth-order valence-electron chi connectivity index (χ4n) is 2.94. The molecule has 2 heterocycles. The molecule has 0 aliphatic heterocycles. The van der Waals surface area contributed by atoms with Crippen molar-refractivity contribution in [3.05, 3.63) is 87.4 Å². The number of thiophene rings is 1. The Hall–Kier alpha value is -3.69. The highest BCUT2D eigenvalue weighted by atomic mass is 35.5. The number of hydrogen-bond donors (Lipinski definition) is 2. The van der Waals surface area contributed by atoms with Gasteiger partial charge in [0.25, 0.3) is 0 Å². The monoisotopic (exact) mass is 468 g/mol. The standard InChI is InChI=1S/C22H17ClN4O4S/c1-30-21(28)18-16(11-12-32-18)24-22(29)25-17(13-7-9-15(23)10-8-13)20-27-26-19(31-20)14-5-3-2-4-6-14/h2-12,17H,1H3,(H2,24,25,29)/t17-/m0/s1. The van der Waals surface area contributed by atoms with Crippen LogP contribution in [0.3, 0.4) is 0 Å². The predicted octanol–water partition coefficient (Wildman–Crippen LogP) is 5.15. The van der Waals surface area contributed by atoms with Gasteiger partial charge in [0, 0.05) is 10.6 Å². The van der Waals surface area contributed by atoms with Crippen LogP contribution in [0.25, 0.3) is 11.5 Å². The highest BCUT2D eigenvalue weighted by molar-refractivity contribution is 7.12. The number of esters is 1. The summed E-state index contributed by atoms with van der Waals surface area (Å²) in [5, 5.41) is 16.0. The number of hydrogen-bond acceptors (Lipinski definition) is 7. The van der Waals surface area contributed by atoms with Gasteiger partial charge in [-0.05, 0) is 41.3 Å². The molecule has 10 heteroatoms. The largest absolute Gasteiger partial charge is 0.465 e. The van der Waals surface area contributed by atoms with Crippen LogP contribution in [0, 0.1) is 0 Å². The first-order valence-electron chi connectivity index (χ1n) is 9.42. The number of urea groups is 1. The molecule has 0 aliphatic rings. The highest BCUT2D eigenvalue weighted by Gasteiger charge is 2.25. The van der Waals surface area contributed by atoms with Crippen molar-refractivity contribution < 1.29 is 18.7 Å². The Kier molecular flexibility index (Phi) is 6.48. The minimum atomic E-state index is -0.752. The molecular formula is C22H17ClN4O4S. The van der Waals surface area contributed by atoms with E-state index in [2.05, 4.69) is 20.8 Å². The number of benzene rings is 2. The van der Waals surface area contributed by atoms with Crippen LogP contribution >= 0.6 is 22.9 Å². The number of nitrogens with zero attached hydrogens (tertiary/aromatic N) is 2. The molecule has 32 heavy (non-hydrogen) atoms. The lowest BCUT2D eigenvalue weighted by atomic mass is 10.1. The van der Waals surface area contributed by atoms with Gasteiger partial charge in [0.15, 0.2) is 0 Å². The number of methoxy groups -OCH3 is 1. The van der Waals surface area contributed by atoms with Gasteiger partial charge in [-0.1, -0.05) is 41.9 Å². The van der Waals surface area contributed by atoms with Gasteiger partial charge in [-0.3, -0.25) is 0 Å². The number of anilines is 1. The van der Waals surface area contributed by atoms with Gasteiger partial charge in [-0.15, -0.1) is 21.5 Å². The maximum Gasteiger partial charge on any atom is 0.350 e. The molecule has 1 atom stereocenters. The lowest BCUT2D eigenvalue weighted by molar-refractivity contribution is 0.0607. The van der Waals surface area contributed by atoms with Gasteiger partial charge in [0.1, 0.15) is 10.9 Å². The highest BCUT2D eigenvalue weighted by Crippen LogP contribution is 2.27. The number of halogens is 1. The molecule has 2 aromatic carbocycles. The van der Waals surface area contributed by atoms with Crippen LogP contribution in [0.4, 0.5) is 10.5 Å². The van der Waals surface area contributed by atoms with E-state index in [1.54, 1.807) is 35.7 Å². The van der Waals surface area contributed by atoms with Crippen molar-refractivity contribution in [1.82, 2.24) is 15.5 Å². The maximum absolute atomic E-state index is 12.8. The van der Waals surface area contributed by atoms with Gasteiger partial charge >= 0.3 is 12.0 Å². The zero-order valence-corrected chi connectivity index (χ0v) is 18.3. The number of rotatable bonds is 6. The van der Waals surface area contributed by atoms with Crippen LogP contribution in [-0.4, -0.2) is 29.3 Å². The molecule has 162 valence electrons. The molecule has 0 saturated carbocycles. The Balaban J connectivity index is 1.60. The van der Waals surface area contributed by atoms with Crippen LogP contribution in [0.2, 0.25) is 5.02 Å². The van der Waals surface area contributed by atoms with Crippen LogP contribution in [-0.2, 0) is 4.74 Å². The molecule has 4 aromatic rings. The fourth-order valence-corrected chi connectivity index (χ4v) is 3.83. The minimum absolute atomic E-state index is 0.194. The maximum atomic E-state index is 12.8. The van der Waals surface area contributed by atoms with E-state index in [0.29, 0.717) is 22.2 Å². The Morgan fingerprint density at radius 2 is 1.81 bits per heavy atom. The van der Waals surface area contributed by atoms with E-state index >= 15 is 0 Å². The average Bonchev–Trinajstić information content (AvgIpc) is 3.48. The molecular weight excluding hydrogens is 452 g/mol. The van der Waals surface area contributed by atoms with Crippen LogP contribution in [0.1, 0.15) is 27.2 Å². The summed E-state index contributed by atoms with van der Waals surface area (Å²) in [7, 11) is 1.28. The van der Waals surface area contributed by atoms with Crippen molar-refractivity contribution in [2.45, 2.75) is 6.04 Å². The Bertz CT molecular complexity index is 1220. The van der Waals surface area contributed by atoms with Crippen molar-refractivity contribution in [1.29, 1.82) is 0 Å². The summed E-state index contributed by atoms with van der Waals surface area (Å²) in [6, 6.07) is 16.5. The number of ether oxygens (including phenoxy) is 1. The van der Waals surface area contributed by atoms with Gasteiger partial charge in [0.2, 0.25) is 11.8 Å². The third-order valence-electron chi connectivity index (χ3n) is 4.47. The molecule has 0 unspecified atom stereocenters. The van der Waals surface area contributed by atoms with Gasteiger partial charge < -0.3 is 19.8 Å². The third kappa shape index (κ3) is 4.79. The summed E-state index contributed by atoms with van der Waals surface area (Å²) in [5.41, 5.74) is 1.78. The lowest BCUT2D eigenvalue weighted by Crippen LogP contribution is -2.33. The van der Waals surface area contributed by atoms with E-state index in [-0.39, 0.29) is 10.8 Å². The van der Waals surface area contributed by atoms with E-state index in [4.69, 9.17) is 20.8 Å². The van der Waals surface area contributed by atoms with Crippen molar-refractivity contribution in [3.8, 4) is 11.5 Å². The molecule has 0 saturated heterocycles. The zero-order chi connectivity index (χ0) is 22.5. The first-order chi connectivity index (χ1) is 15.5. The molecule has 4 rings (SSSR count). The summed E-state index contributed by atoms with van der Waals surface area (Å²) in [6.45, 7) is 0. The smallest absolute Gasteiger partial charge is 0.350 e. The average molecular weight is 469 g/mol. The normalized spacial score (nSPS) is 11.6. The van der Waals surface area contributed by atoms with Crippen LogP contribution in [0.15, 0.2) is 70.5 Å². The summed E-state index contributed by atoms with van der Waals surface area (Å²) >= 11 is 7.18. The van der Waals surface area contributed by atoms with E-state index in [0.717, 1.165) is 5.56 Å². The third-order valence-corrected chi connectivity index (χ3v) is 5.62. The first-order valence-corrected chi connectivity index (χ1v) is 10.7. The summed E-state index contributed by atoms with van der Waals surface area (Å²) in [6.07, 6.45) is 0. The summed E-state index contributed by atoms with van der Waals surface area (Å²) in [4.78, 5) is 25.0. The van der Waals surface area contributed by atoms with Crippen molar-refractivity contribution in [3.63, 3.8) is 0 Å². The zero-order valence-electron chi connectivity index (χ0n) is 16.7. The number of aromatic nitrogens is 2. The Morgan fingerprint density at radius 1 is 1.06 bits per heavy atom. The number of carbonyl (C=O) groups excluding carboxylic acids is 2. The Labute approximate surface area is 192 Å². The summed E-state index contributed by atoms with van der Waals surface area (Å²) in [5.74, 6) is -0.0126. The second-order valence-corrected chi connectivity index (χ2v) is 7.90. The number of carbonyl (C=O) groups is 2. The van der Waals surface area contributed by atoms with Crippen molar-refractivity contribution >= 4 is 40.6 Å². The summed E-state index contributed by atoms with van der Waals surface area (Å²) < 4.78 is 10.6. The molecule has 0 spiro atoms. The molecule has 0 aliphatic carbocycles. The number of nitrogens with one attached hydrogen (secondary N) is 2.